The van der Waals surface area contributed by atoms with Crippen molar-refractivity contribution in [2.75, 3.05) is 37.6 Å². The highest BCUT2D eigenvalue weighted by molar-refractivity contribution is 9.10. The van der Waals surface area contributed by atoms with Gasteiger partial charge in [-0.1, -0.05) is 0 Å². The first-order chi connectivity index (χ1) is 9.06. The Morgan fingerprint density at radius 3 is 2.74 bits per heavy atom. The molecule has 2 heterocycles. The maximum absolute atomic E-state index is 12.4. The molecule has 0 spiro atoms. The molecule has 1 aliphatic rings. The van der Waals surface area contributed by atoms with E-state index in [-0.39, 0.29) is 6.54 Å². The monoisotopic (exact) mass is 333 g/mol. The van der Waals surface area contributed by atoms with Gasteiger partial charge >= 0.3 is 0 Å². The molecule has 1 aliphatic heterocycles. The Balaban J connectivity index is 2.00. The number of pyridine rings is 1. The Hall–Kier alpha value is -0.750. The number of aromatic nitrogens is 1. The molecule has 0 aromatic carbocycles. The molecule has 1 aromatic rings. The summed E-state index contributed by atoms with van der Waals surface area (Å²) in [5.74, 6) is 0.930. The highest BCUT2D eigenvalue weighted by Crippen LogP contribution is 2.20. The summed E-state index contributed by atoms with van der Waals surface area (Å²) in [5.41, 5.74) is 0.950. The highest BCUT2D eigenvalue weighted by atomic mass is 79.9. The molecule has 0 radical (unpaired) electrons. The lowest BCUT2D eigenvalue weighted by Crippen LogP contribution is -2.33. The standard InChI is InChI=1S/C13H18BrF2N3/c1-10-11(14)3-4-13(17-10)19-6-2-5-18(7-8-19)9-12(15)16/h3-4,12H,2,5-9H2,1H3. The fourth-order valence-corrected chi connectivity index (χ4v) is 2.51. The van der Waals surface area contributed by atoms with Crippen LogP contribution in [0.1, 0.15) is 12.1 Å². The van der Waals surface area contributed by atoms with Gasteiger partial charge in [0.15, 0.2) is 0 Å². The van der Waals surface area contributed by atoms with Gasteiger partial charge in [-0.15, -0.1) is 0 Å². The van der Waals surface area contributed by atoms with Crippen molar-refractivity contribution in [3.8, 4) is 0 Å². The predicted octanol–water partition coefficient (Wildman–Crippen LogP) is 2.93. The first kappa shape index (κ1) is 14.7. The fourth-order valence-electron chi connectivity index (χ4n) is 2.28. The molecule has 0 bridgehead atoms. The van der Waals surface area contributed by atoms with Crippen molar-refractivity contribution in [3.05, 3.63) is 22.3 Å². The molecule has 1 aromatic heterocycles. The normalized spacial score (nSPS) is 17.8. The second-order valence-corrected chi connectivity index (χ2v) is 5.62. The summed E-state index contributed by atoms with van der Waals surface area (Å²) in [6.07, 6.45) is -1.36. The van der Waals surface area contributed by atoms with Crippen molar-refractivity contribution in [1.29, 1.82) is 0 Å². The third-order valence-corrected chi connectivity index (χ3v) is 4.15. The molecule has 0 atom stereocenters. The molecule has 106 valence electrons. The van der Waals surface area contributed by atoms with Gasteiger partial charge in [-0.2, -0.15) is 0 Å². The van der Waals surface area contributed by atoms with Crippen molar-refractivity contribution in [1.82, 2.24) is 9.88 Å². The van der Waals surface area contributed by atoms with E-state index in [2.05, 4.69) is 25.8 Å². The van der Waals surface area contributed by atoms with Crippen LogP contribution in [0.25, 0.3) is 0 Å². The lowest BCUT2D eigenvalue weighted by atomic mass is 10.3. The quantitative estimate of drug-likeness (QED) is 0.847. The molecular formula is C13H18BrF2N3. The smallest absolute Gasteiger partial charge is 0.251 e. The number of hydrogen-bond acceptors (Lipinski definition) is 3. The Labute approximate surface area is 120 Å². The van der Waals surface area contributed by atoms with E-state index in [1.807, 2.05) is 24.0 Å². The molecule has 2 rings (SSSR count). The molecule has 0 amide bonds. The number of rotatable bonds is 3. The van der Waals surface area contributed by atoms with Crippen molar-refractivity contribution in [2.24, 2.45) is 0 Å². The largest absolute Gasteiger partial charge is 0.355 e. The number of aryl methyl sites for hydroxylation is 1. The molecule has 0 aliphatic carbocycles. The summed E-state index contributed by atoms with van der Waals surface area (Å²) < 4.78 is 25.8. The van der Waals surface area contributed by atoms with Crippen LogP contribution in [-0.2, 0) is 0 Å². The van der Waals surface area contributed by atoms with Crippen LogP contribution in [-0.4, -0.2) is 49.0 Å². The molecule has 1 saturated heterocycles. The van der Waals surface area contributed by atoms with Gasteiger partial charge in [-0.3, -0.25) is 4.90 Å². The molecule has 6 heteroatoms. The van der Waals surface area contributed by atoms with Crippen molar-refractivity contribution in [2.45, 2.75) is 19.8 Å². The minimum atomic E-state index is -2.25. The number of anilines is 1. The van der Waals surface area contributed by atoms with Crippen molar-refractivity contribution < 1.29 is 8.78 Å². The van der Waals surface area contributed by atoms with Gasteiger partial charge in [0.05, 0.1) is 12.2 Å². The highest BCUT2D eigenvalue weighted by Gasteiger charge is 2.18. The topological polar surface area (TPSA) is 19.4 Å². The SMILES string of the molecule is Cc1nc(N2CCCN(CC(F)F)CC2)ccc1Br. The van der Waals surface area contributed by atoms with Gasteiger partial charge in [-0.25, -0.2) is 13.8 Å². The summed E-state index contributed by atoms with van der Waals surface area (Å²) in [6.45, 7) is 4.85. The van der Waals surface area contributed by atoms with Crippen LogP contribution >= 0.6 is 15.9 Å². The van der Waals surface area contributed by atoms with Gasteiger partial charge in [0, 0.05) is 30.7 Å². The number of nitrogens with zero attached hydrogens (tertiary/aromatic N) is 3. The maximum atomic E-state index is 12.4. The summed E-state index contributed by atoms with van der Waals surface area (Å²) in [4.78, 5) is 8.54. The van der Waals surface area contributed by atoms with Crippen molar-refractivity contribution >= 4 is 21.7 Å². The zero-order valence-corrected chi connectivity index (χ0v) is 12.5. The Morgan fingerprint density at radius 1 is 1.26 bits per heavy atom. The average molecular weight is 334 g/mol. The first-order valence-electron chi connectivity index (χ1n) is 6.45. The Kier molecular flexibility index (Phi) is 5.10. The van der Waals surface area contributed by atoms with E-state index in [0.29, 0.717) is 6.54 Å². The van der Waals surface area contributed by atoms with Gasteiger partial charge < -0.3 is 4.90 Å². The van der Waals surface area contributed by atoms with E-state index < -0.39 is 6.43 Å². The Morgan fingerprint density at radius 2 is 2.05 bits per heavy atom. The van der Waals surface area contributed by atoms with Gasteiger partial charge in [0.25, 0.3) is 6.43 Å². The number of halogens is 3. The van der Waals surface area contributed by atoms with Gasteiger partial charge in [-0.05, 0) is 41.4 Å². The molecule has 0 saturated carbocycles. The molecule has 0 unspecified atom stereocenters. The second-order valence-electron chi connectivity index (χ2n) is 4.77. The van der Waals surface area contributed by atoms with E-state index >= 15 is 0 Å². The van der Waals surface area contributed by atoms with Crippen LogP contribution in [0.3, 0.4) is 0 Å². The zero-order valence-electron chi connectivity index (χ0n) is 11.0. The third-order valence-electron chi connectivity index (χ3n) is 3.32. The minimum absolute atomic E-state index is 0.124. The van der Waals surface area contributed by atoms with E-state index in [0.717, 1.165) is 42.0 Å². The summed E-state index contributed by atoms with van der Waals surface area (Å²) >= 11 is 3.43. The molecule has 0 N–H and O–H groups in total. The first-order valence-corrected chi connectivity index (χ1v) is 7.24. The van der Waals surface area contributed by atoms with Gasteiger partial charge in [0.1, 0.15) is 5.82 Å². The molecule has 19 heavy (non-hydrogen) atoms. The Bertz CT molecular complexity index is 428. The van der Waals surface area contributed by atoms with E-state index in [9.17, 15) is 8.78 Å². The summed E-state index contributed by atoms with van der Waals surface area (Å²) in [6, 6.07) is 3.96. The van der Waals surface area contributed by atoms with Crippen LogP contribution < -0.4 is 4.90 Å². The van der Waals surface area contributed by atoms with Gasteiger partial charge in [0.2, 0.25) is 0 Å². The van der Waals surface area contributed by atoms with Crippen LogP contribution in [0.2, 0.25) is 0 Å². The van der Waals surface area contributed by atoms with Crippen LogP contribution in [0.4, 0.5) is 14.6 Å². The van der Waals surface area contributed by atoms with Crippen molar-refractivity contribution in [3.63, 3.8) is 0 Å². The number of alkyl halides is 2. The van der Waals surface area contributed by atoms with Crippen LogP contribution in [0.15, 0.2) is 16.6 Å². The molecular weight excluding hydrogens is 316 g/mol. The van der Waals surface area contributed by atoms with Crippen LogP contribution in [0.5, 0.6) is 0 Å². The minimum Gasteiger partial charge on any atom is -0.355 e. The van der Waals surface area contributed by atoms with E-state index in [1.165, 1.54) is 0 Å². The zero-order chi connectivity index (χ0) is 13.8. The maximum Gasteiger partial charge on any atom is 0.251 e. The summed E-state index contributed by atoms with van der Waals surface area (Å²) in [7, 11) is 0. The second kappa shape index (κ2) is 6.61. The molecule has 1 fully saturated rings. The summed E-state index contributed by atoms with van der Waals surface area (Å²) in [5, 5.41) is 0. The predicted molar refractivity (Wildman–Crippen MR) is 75.9 cm³/mol. The third kappa shape index (κ3) is 4.11. The fraction of sp³-hybridized carbons (Fsp3) is 0.615. The average Bonchev–Trinajstić information content (AvgIpc) is 2.58. The van der Waals surface area contributed by atoms with E-state index in [4.69, 9.17) is 0 Å². The van der Waals surface area contributed by atoms with Crippen LogP contribution in [0, 0.1) is 6.92 Å². The lowest BCUT2D eigenvalue weighted by molar-refractivity contribution is 0.0917. The number of hydrogen-bond donors (Lipinski definition) is 0. The van der Waals surface area contributed by atoms with E-state index in [1.54, 1.807) is 0 Å². The molecule has 3 nitrogen and oxygen atoms in total. The lowest BCUT2D eigenvalue weighted by Gasteiger charge is -2.23.